The van der Waals surface area contributed by atoms with Crippen molar-refractivity contribution in [2.45, 2.75) is 33.1 Å². The molecule has 0 aliphatic carbocycles. The summed E-state index contributed by atoms with van der Waals surface area (Å²) in [5.41, 5.74) is 0.0797. The van der Waals surface area contributed by atoms with Gasteiger partial charge in [-0.25, -0.2) is 0 Å². The van der Waals surface area contributed by atoms with Crippen LogP contribution in [0.15, 0.2) is 0 Å². The predicted molar refractivity (Wildman–Crippen MR) is 44.0 cm³/mol. The van der Waals surface area contributed by atoms with Crippen molar-refractivity contribution in [1.29, 1.82) is 5.26 Å². The van der Waals surface area contributed by atoms with Gasteiger partial charge in [-0.3, -0.25) is 0 Å². The molecule has 0 aromatic heterocycles. The second-order valence-corrected chi connectivity index (χ2v) is 2.94. The van der Waals surface area contributed by atoms with E-state index in [1.165, 1.54) is 0 Å². The summed E-state index contributed by atoms with van der Waals surface area (Å²) in [5, 5.41) is 8.49. The Morgan fingerprint density at radius 2 is 1.90 bits per heavy atom. The molecule has 0 amide bonds. The molecule has 0 N–H and O–H groups in total. The molecule has 2 heteroatoms. The van der Waals surface area contributed by atoms with E-state index in [-0.39, 0.29) is 5.41 Å². The first kappa shape index (κ1) is 9.78. The number of halogens is 1. The predicted octanol–water partition coefficient (Wildman–Crippen LogP) is 2.95. The molecule has 0 bridgehead atoms. The third kappa shape index (κ3) is 2.19. The highest BCUT2D eigenvalue weighted by Gasteiger charge is 2.24. The van der Waals surface area contributed by atoms with Crippen LogP contribution in [0.3, 0.4) is 0 Å². The lowest BCUT2D eigenvalue weighted by Crippen LogP contribution is -2.19. The summed E-state index contributed by atoms with van der Waals surface area (Å²) in [6, 6.07) is 2.18. The molecule has 0 saturated carbocycles. The van der Waals surface area contributed by atoms with Gasteiger partial charge in [0.15, 0.2) is 0 Å². The molecular formula is C8H14ClN. The Hall–Kier alpha value is -0.220. The molecule has 0 radical (unpaired) electrons. The first-order valence-corrected chi connectivity index (χ1v) is 4.21. The summed E-state index contributed by atoms with van der Waals surface area (Å²) in [6.45, 7) is 4.17. The molecule has 0 unspecified atom stereocenters. The SMILES string of the molecule is CCC(CC)(CCl)CC#N. The van der Waals surface area contributed by atoms with Gasteiger partial charge in [0.05, 0.1) is 6.07 Å². The summed E-state index contributed by atoms with van der Waals surface area (Å²) in [7, 11) is 0. The normalized spacial score (nSPS) is 11.0. The van der Waals surface area contributed by atoms with Crippen LogP contribution in [0.5, 0.6) is 0 Å². The first-order valence-electron chi connectivity index (χ1n) is 3.67. The molecule has 0 fully saturated rings. The third-order valence-electron chi connectivity index (χ3n) is 2.24. The Kier molecular flexibility index (Phi) is 4.47. The average molecular weight is 160 g/mol. The summed E-state index contributed by atoms with van der Waals surface area (Å²) in [5.74, 6) is 0.605. The molecule has 0 heterocycles. The first-order chi connectivity index (χ1) is 4.74. The summed E-state index contributed by atoms with van der Waals surface area (Å²) >= 11 is 5.75. The van der Waals surface area contributed by atoms with Gasteiger partial charge in [-0.2, -0.15) is 5.26 Å². The van der Waals surface area contributed by atoms with Crippen LogP contribution in [0.2, 0.25) is 0 Å². The van der Waals surface area contributed by atoms with Crippen LogP contribution in [-0.4, -0.2) is 5.88 Å². The molecule has 0 rings (SSSR count). The van der Waals surface area contributed by atoms with Crippen molar-refractivity contribution in [2.75, 3.05) is 5.88 Å². The second kappa shape index (κ2) is 4.57. The standard InChI is InChI=1S/C8H14ClN/c1-3-8(4-2,7-9)5-6-10/h3-5,7H2,1-2H3. The smallest absolute Gasteiger partial charge is 0.0628 e. The van der Waals surface area contributed by atoms with Crippen LogP contribution < -0.4 is 0 Å². The zero-order valence-corrected chi connectivity index (χ0v) is 7.41. The number of alkyl halides is 1. The number of nitrogens with zero attached hydrogens (tertiary/aromatic N) is 1. The molecule has 10 heavy (non-hydrogen) atoms. The molecule has 0 aliphatic rings. The Labute approximate surface area is 68.0 Å². The van der Waals surface area contributed by atoms with E-state index in [2.05, 4.69) is 19.9 Å². The molecule has 1 nitrogen and oxygen atoms in total. The Bertz CT molecular complexity index is 113. The van der Waals surface area contributed by atoms with Gasteiger partial charge in [0.25, 0.3) is 0 Å². The largest absolute Gasteiger partial charge is 0.198 e. The molecule has 0 aliphatic heterocycles. The van der Waals surface area contributed by atoms with Gasteiger partial charge in [0.2, 0.25) is 0 Å². The number of nitriles is 1. The Morgan fingerprint density at radius 1 is 1.40 bits per heavy atom. The molecule has 0 saturated heterocycles. The summed E-state index contributed by atoms with van der Waals surface area (Å²) in [6.07, 6.45) is 2.59. The van der Waals surface area contributed by atoms with Crippen LogP contribution in [0, 0.1) is 16.7 Å². The Balaban J connectivity index is 4.04. The molecule has 0 spiro atoms. The summed E-state index contributed by atoms with van der Waals surface area (Å²) < 4.78 is 0. The molecular weight excluding hydrogens is 146 g/mol. The van der Waals surface area contributed by atoms with Crippen molar-refractivity contribution in [3.05, 3.63) is 0 Å². The fraction of sp³-hybridized carbons (Fsp3) is 0.875. The number of rotatable bonds is 4. The minimum absolute atomic E-state index is 0.0797. The van der Waals surface area contributed by atoms with Gasteiger partial charge < -0.3 is 0 Å². The van der Waals surface area contributed by atoms with E-state index in [4.69, 9.17) is 16.9 Å². The number of hydrogen-bond acceptors (Lipinski definition) is 1. The van der Waals surface area contributed by atoms with Gasteiger partial charge >= 0.3 is 0 Å². The monoisotopic (exact) mass is 159 g/mol. The number of hydrogen-bond donors (Lipinski definition) is 0. The lowest BCUT2D eigenvalue weighted by molar-refractivity contribution is 0.312. The van der Waals surface area contributed by atoms with Crippen molar-refractivity contribution >= 4 is 11.6 Å². The second-order valence-electron chi connectivity index (χ2n) is 2.68. The van der Waals surface area contributed by atoms with Crippen LogP contribution in [-0.2, 0) is 0 Å². The van der Waals surface area contributed by atoms with Gasteiger partial charge in [-0.1, -0.05) is 13.8 Å². The maximum absolute atomic E-state index is 8.49. The van der Waals surface area contributed by atoms with Gasteiger partial charge in [0.1, 0.15) is 0 Å². The quantitative estimate of drug-likeness (QED) is 0.579. The topological polar surface area (TPSA) is 23.8 Å². The fourth-order valence-corrected chi connectivity index (χ4v) is 1.38. The minimum Gasteiger partial charge on any atom is -0.198 e. The zero-order chi connectivity index (χ0) is 8.04. The van der Waals surface area contributed by atoms with E-state index in [0.29, 0.717) is 12.3 Å². The molecule has 0 aromatic rings. The molecule has 0 atom stereocenters. The van der Waals surface area contributed by atoms with Gasteiger partial charge in [-0.15, -0.1) is 11.6 Å². The molecule has 58 valence electrons. The highest BCUT2D eigenvalue weighted by atomic mass is 35.5. The zero-order valence-electron chi connectivity index (χ0n) is 6.65. The summed E-state index contributed by atoms with van der Waals surface area (Å²) in [4.78, 5) is 0. The van der Waals surface area contributed by atoms with E-state index in [0.717, 1.165) is 12.8 Å². The molecule has 0 aromatic carbocycles. The van der Waals surface area contributed by atoms with Crippen molar-refractivity contribution in [3.63, 3.8) is 0 Å². The van der Waals surface area contributed by atoms with E-state index < -0.39 is 0 Å². The lowest BCUT2D eigenvalue weighted by Gasteiger charge is -2.25. The highest BCUT2D eigenvalue weighted by Crippen LogP contribution is 2.31. The van der Waals surface area contributed by atoms with E-state index in [1.807, 2.05) is 0 Å². The Morgan fingerprint density at radius 3 is 2.00 bits per heavy atom. The average Bonchev–Trinajstić information content (AvgIpc) is 2.01. The third-order valence-corrected chi connectivity index (χ3v) is 2.80. The van der Waals surface area contributed by atoms with E-state index >= 15 is 0 Å². The van der Waals surface area contributed by atoms with Gasteiger partial charge in [0, 0.05) is 12.3 Å². The van der Waals surface area contributed by atoms with Crippen molar-refractivity contribution < 1.29 is 0 Å². The van der Waals surface area contributed by atoms with Crippen LogP contribution in [0.1, 0.15) is 33.1 Å². The highest BCUT2D eigenvalue weighted by molar-refractivity contribution is 6.18. The van der Waals surface area contributed by atoms with Gasteiger partial charge in [-0.05, 0) is 18.3 Å². The van der Waals surface area contributed by atoms with Crippen molar-refractivity contribution in [3.8, 4) is 6.07 Å². The van der Waals surface area contributed by atoms with Crippen molar-refractivity contribution in [1.82, 2.24) is 0 Å². The lowest BCUT2D eigenvalue weighted by atomic mass is 9.82. The van der Waals surface area contributed by atoms with Crippen molar-refractivity contribution in [2.24, 2.45) is 5.41 Å². The van der Waals surface area contributed by atoms with E-state index in [1.54, 1.807) is 0 Å². The van der Waals surface area contributed by atoms with E-state index in [9.17, 15) is 0 Å². The maximum Gasteiger partial charge on any atom is 0.0628 e. The minimum atomic E-state index is 0.0797. The van der Waals surface area contributed by atoms with Crippen LogP contribution in [0.25, 0.3) is 0 Å². The maximum atomic E-state index is 8.49. The van der Waals surface area contributed by atoms with Crippen LogP contribution in [0.4, 0.5) is 0 Å². The fourth-order valence-electron chi connectivity index (χ4n) is 0.904. The van der Waals surface area contributed by atoms with Crippen LogP contribution >= 0.6 is 11.6 Å².